The number of rotatable bonds is 7. The number of hydrogen-bond acceptors (Lipinski definition) is 4. The molecule has 23 heavy (non-hydrogen) atoms. The summed E-state index contributed by atoms with van der Waals surface area (Å²) in [5.74, 6) is -0.768. The van der Waals surface area contributed by atoms with E-state index < -0.39 is 12.0 Å². The van der Waals surface area contributed by atoms with E-state index in [9.17, 15) is 14.4 Å². The summed E-state index contributed by atoms with van der Waals surface area (Å²) in [5, 5.41) is 0. The molecule has 2 atom stereocenters. The van der Waals surface area contributed by atoms with Crippen LogP contribution in [0.2, 0.25) is 0 Å². The van der Waals surface area contributed by atoms with Crippen LogP contribution in [0.25, 0.3) is 0 Å². The van der Waals surface area contributed by atoms with Crippen molar-refractivity contribution in [2.24, 2.45) is 5.92 Å². The zero-order valence-electron chi connectivity index (χ0n) is 13.7. The van der Waals surface area contributed by atoms with Crippen molar-refractivity contribution in [3.63, 3.8) is 0 Å². The standard InChI is InChI=1S/C18H23NO4/c1-3-7-15(10-13(2)20)17(21)19-16(12-23-18(19)22)11-14-8-5-4-6-9-14/h4-6,8-9,15-16H,3,7,10-12H2,1-2H3/t15-,16-/m0/s1. The minimum absolute atomic E-state index is 0.0380. The Balaban J connectivity index is 2.14. The van der Waals surface area contributed by atoms with Gasteiger partial charge < -0.3 is 9.53 Å². The predicted molar refractivity (Wildman–Crippen MR) is 85.8 cm³/mol. The van der Waals surface area contributed by atoms with Crippen LogP contribution in [-0.4, -0.2) is 35.3 Å². The molecular formula is C18H23NO4. The van der Waals surface area contributed by atoms with E-state index >= 15 is 0 Å². The Labute approximate surface area is 136 Å². The molecule has 0 bridgehead atoms. The summed E-state index contributed by atoms with van der Waals surface area (Å²) >= 11 is 0. The number of cyclic esters (lactones) is 1. The molecule has 1 heterocycles. The fourth-order valence-corrected chi connectivity index (χ4v) is 2.97. The summed E-state index contributed by atoms with van der Waals surface area (Å²) in [6, 6.07) is 9.40. The van der Waals surface area contributed by atoms with Crippen molar-refractivity contribution in [3.8, 4) is 0 Å². The number of carbonyl (C=O) groups is 3. The van der Waals surface area contributed by atoms with Gasteiger partial charge in [-0.3, -0.25) is 4.79 Å². The number of Topliss-reactive ketones (excluding diaryl/α,β-unsaturated/α-hetero) is 1. The van der Waals surface area contributed by atoms with E-state index in [1.807, 2.05) is 37.3 Å². The molecule has 0 saturated carbocycles. The molecule has 1 saturated heterocycles. The second-order valence-electron chi connectivity index (χ2n) is 6.02. The van der Waals surface area contributed by atoms with Crippen molar-refractivity contribution in [2.75, 3.05) is 6.61 Å². The molecule has 0 N–H and O–H groups in total. The zero-order valence-corrected chi connectivity index (χ0v) is 13.7. The predicted octanol–water partition coefficient (Wildman–Crippen LogP) is 2.97. The Kier molecular flexibility index (Phi) is 5.90. The minimum atomic E-state index is -0.597. The molecule has 1 fully saturated rings. The molecule has 1 aliphatic heterocycles. The smallest absolute Gasteiger partial charge is 0.416 e. The molecule has 0 spiro atoms. The molecule has 0 aromatic heterocycles. The van der Waals surface area contributed by atoms with Gasteiger partial charge in [-0.15, -0.1) is 0 Å². The molecule has 5 nitrogen and oxygen atoms in total. The maximum Gasteiger partial charge on any atom is 0.416 e. The van der Waals surface area contributed by atoms with Gasteiger partial charge in [0.2, 0.25) is 5.91 Å². The quantitative estimate of drug-likeness (QED) is 0.775. The van der Waals surface area contributed by atoms with Gasteiger partial charge in [0, 0.05) is 12.3 Å². The number of ether oxygens (including phenoxy) is 1. The lowest BCUT2D eigenvalue weighted by molar-refractivity contribution is -0.136. The van der Waals surface area contributed by atoms with Gasteiger partial charge in [0.15, 0.2) is 0 Å². The molecule has 0 radical (unpaired) electrons. The third kappa shape index (κ3) is 4.41. The van der Waals surface area contributed by atoms with E-state index in [0.29, 0.717) is 12.8 Å². The van der Waals surface area contributed by atoms with E-state index in [0.717, 1.165) is 12.0 Å². The van der Waals surface area contributed by atoms with Gasteiger partial charge in [-0.2, -0.15) is 0 Å². The van der Waals surface area contributed by atoms with Gasteiger partial charge in [-0.05, 0) is 25.3 Å². The lowest BCUT2D eigenvalue weighted by atomic mass is 9.95. The Morgan fingerprint density at radius 2 is 2.00 bits per heavy atom. The summed E-state index contributed by atoms with van der Waals surface area (Å²) < 4.78 is 5.09. The van der Waals surface area contributed by atoms with Crippen LogP contribution >= 0.6 is 0 Å². The highest BCUT2D eigenvalue weighted by Crippen LogP contribution is 2.23. The summed E-state index contributed by atoms with van der Waals surface area (Å²) in [6.45, 7) is 3.64. The van der Waals surface area contributed by atoms with E-state index in [1.54, 1.807) is 0 Å². The molecule has 2 rings (SSSR count). The molecule has 1 aromatic carbocycles. The molecule has 1 aliphatic rings. The molecular weight excluding hydrogens is 294 g/mol. The van der Waals surface area contributed by atoms with Gasteiger partial charge in [0.25, 0.3) is 0 Å². The minimum Gasteiger partial charge on any atom is -0.447 e. The van der Waals surface area contributed by atoms with Gasteiger partial charge in [0.05, 0.1) is 6.04 Å². The third-order valence-corrected chi connectivity index (χ3v) is 4.03. The fourth-order valence-electron chi connectivity index (χ4n) is 2.97. The second-order valence-corrected chi connectivity index (χ2v) is 6.02. The van der Waals surface area contributed by atoms with Gasteiger partial charge in [-0.25, -0.2) is 9.69 Å². The first kappa shape index (κ1) is 17.2. The molecule has 0 unspecified atom stereocenters. The number of carbonyl (C=O) groups excluding carboxylic acids is 3. The Hall–Kier alpha value is -2.17. The third-order valence-electron chi connectivity index (χ3n) is 4.03. The topological polar surface area (TPSA) is 63.7 Å². The molecule has 124 valence electrons. The fraction of sp³-hybridized carbons (Fsp3) is 0.500. The first-order valence-corrected chi connectivity index (χ1v) is 8.06. The normalized spacial score (nSPS) is 18.6. The van der Waals surface area contributed by atoms with Crippen molar-refractivity contribution < 1.29 is 19.1 Å². The number of amides is 2. The van der Waals surface area contributed by atoms with Crippen LogP contribution in [0.4, 0.5) is 4.79 Å². The van der Waals surface area contributed by atoms with Crippen molar-refractivity contribution in [3.05, 3.63) is 35.9 Å². The van der Waals surface area contributed by atoms with Crippen molar-refractivity contribution in [1.82, 2.24) is 4.90 Å². The first-order valence-electron chi connectivity index (χ1n) is 8.06. The van der Waals surface area contributed by atoms with Gasteiger partial charge in [-0.1, -0.05) is 43.7 Å². The Bertz CT molecular complexity index is 570. The maximum absolute atomic E-state index is 12.8. The largest absolute Gasteiger partial charge is 0.447 e. The lowest BCUT2D eigenvalue weighted by Gasteiger charge is -2.24. The van der Waals surface area contributed by atoms with Crippen LogP contribution in [0, 0.1) is 5.92 Å². The Morgan fingerprint density at radius 1 is 1.30 bits per heavy atom. The molecule has 0 aliphatic carbocycles. The van der Waals surface area contributed by atoms with Crippen molar-refractivity contribution >= 4 is 17.8 Å². The maximum atomic E-state index is 12.8. The average Bonchev–Trinajstić information content (AvgIpc) is 2.87. The number of hydrogen-bond donors (Lipinski definition) is 0. The highest BCUT2D eigenvalue weighted by atomic mass is 16.6. The zero-order chi connectivity index (χ0) is 16.8. The van der Waals surface area contributed by atoms with Gasteiger partial charge in [0.1, 0.15) is 12.4 Å². The summed E-state index contributed by atoms with van der Waals surface area (Å²) in [6.07, 6.45) is 1.53. The summed E-state index contributed by atoms with van der Waals surface area (Å²) in [5.41, 5.74) is 1.05. The SMILES string of the molecule is CCC[C@@H](CC(C)=O)C(=O)N1C(=O)OC[C@@H]1Cc1ccccc1. The number of imide groups is 1. The lowest BCUT2D eigenvalue weighted by Crippen LogP contribution is -2.44. The van der Waals surface area contributed by atoms with E-state index in [4.69, 9.17) is 4.74 Å². The summed E-state index contributed by atoms with van der Waals surface area (Å²) in [7, 11) is 0. The highest BCUT2D eigenvalue weighted by molar-refractivity contribution is 5.96. The molecule has 2 amide bonds. The summed E-state index contributed by atoms with van der Waals surface area (Å²) in [4.78, 5) is 37.4. The van der Waals surface area contributed by atoms with E-state index in [2.05, 4.69) is 0 Å². The van der Waals surface area contributed by atoms with Gasteiger partial charge >= 0.3 is 6.09 Å². The highest BCUT2D eigenvalue weighted by Gasteiger charge is 2.40. The van der Waals surface area contributed by atoms with Crippen molar-refractivity contribution in [1.29, 1.82) is 0 Å². The van der Waals surface area contributed by atoms with Crippen LogP contribution in [-0.2, 0) is 20.7 Å². The Morgan fingerprint density at radius 3 is 2.61 bits per heavy atom. The number of ketones is 1. The van der Waals surface area contributed by atoms with Crippen LogP contribution in [0.5, 0.6) is 0 Å². The second kappa shape index (κ2) is 7.90. The number of nitrogens with zero attached hydrogens (tertiary/aromatic N) is 1. The van der Waals surface area contributed by atoms with Crippen LogP contribution in [0.15, 0.2) is 30.3 Å². The van der Waals surface area contributed by atoms with Crippen LogP contribution in [0.3, 0.4) is 0 Å². The van der Waals surface area contributed by atoms with Crippen molar-refractivity contribution in [2.45, 2.75) is 45.6 Å². The monoisotopic (exact) mass is 317 g/mol. The van der Waals surface area contributed by atoms with Crippen LogP contribution < -0.4 is 0 Å². The molecule has 1 aromatic rings. The first-order chi connectivity index (χ1) is 11.0. The molecule has 5 heteroatoms. The van der Waals surface area contributed by atoms with E-state index in [1.165, 1.54) is 11.8 Å². The number of benzene rings is 1. The average molecular weight is 317 g/mol. The van der Waals surface area contributed by atoms with Crippen LogP contribution in [0.1, 0.15) is 38.7 Å². The van der Waals surface area contributed by atoms with E-state index in [-0.39, 0.29) is 30.8 Å².